The van der Waals surface area contributed by atoms with Crippen molar-refractivity contribution in [1.82, 2.24) is 5.32 Å². The Bertz CT molecular complexity index is 981. The van der Waals surface area contributed by atoms with Gasteiger partial charge in [-0.05, 0) is 48.9 Å². The van der Waals surface area contributed by atoms with Crippen molar-refractivity contribution in [3.8, 4) is 11.5 Å². The molecule has 3 rings (SSSR count). The van der Waals surface area contributed by atoms with Gasteiger partial charge in [-0.15, -0.1) is 0 Å². The molecular weight excluding hydrogens is 384 g/mol. The largest absolute Gasteiger partial charge is 0.497 e. The van der Waals surface area contributed by atoms with Gasteiger partial charge in [-0.25, -0.2) is 9.59 Å². The van der Waals surface area contributed by atoms with Gasteiger partial charge in [-0.3, -0.25) is 4.90 Å². The third-order valence-corrected chi connectivity index (χ3v) is 4.78. The Labute approximate surface area is 175 Å². The number of rotatable bonds is 7. The number of hydrogen-bond donors (Lipinski definition) is 1. The standard InChI is InChI=1S/C23H24N2O5/c1-5-13-30-19-8-6-7-16(14-19)21-20(22(26)29-4)15(2)25(23(27)24-21)17-9-11-18(28-3)12-10-17/h5-12,14,21H,1,13H2,2-4H3,(H,24,27)/t21-/m1/s1. The molecule has 0 spiro atoms. The maximum Gasteiger partial charge on any atom is 0.337 e. The summed E-state index contributed by atoms with van der Waals surface area (Å²) in [7, 11) is 2.89. The van der Waals surface area contributed by atoms with Crippen LogP contribution < -0.4 is 19.7 Å². The van der Waals surface area contributed by atoms with Gasteiger partial charge in [-0.2, -0.15) is 0 Å². The lowest BCUT2D eigenvalue weighted by molar-refractivity contribution is -0.136. The molecule has 2 amide bonds. The topological polar surface area (TPSA) is 77.1 Å². The molecule has 7 nitrogen and oxygen atoms in total. The number of hydrogen-bond acceptors (Lipinski definition) is 5. The Morgan fingerprint density at radius 2 is 1.90 bits per heavy atom. The molecule has 0 aliphatic carbocycles. The van der Waals surface area contributed by atoms with Crippen LogP contribution in [0.15, 0.2) is 72.5 Å². The number of methoxy groups -OCH3 is 2. The van der Waals surface area contributed by atoms with Crippen LogP contribution in [-0.4, -0.2) is 32.8 Å². The van der Waals surface area contributed by atoms with E-state index in [-0.39, 0.29) is 6.03 Å². The maximum absolute atomic E-state index is 13.0. The minimum absolute atomic E-state index is 0.341. The zero-order valence-corrected chi connectivity index (χ0v) is 17.2. The van der Waals surface area contributed by atoms with Crippen molar-refractivity contribution in [2.75, 3.05) is 25.7 Å². The van der Waals surface area contributed by atoms with Crippen LogP contribution in [0.1, 0.15) is 18.5 Å². The fraction of sp³-hybridized carbons (Fsp3) is 0.217. The Morgan fingerprint density at radius 3 is 2.53 bits per heavy atom. The molecule has 1 heterocycles. The van der Waals surface area contributed by atoms with Crippen molar-refractivity contribution in [1.29, 1.82) is 0 Å². The van der Waals surface area contributed by atoms with Gasteiger partial charge in [0.25, 0.3) is 0 Å². The molecule has 2 aromatic carbocycles. The third kappa shape index (κ3) is 4.15. The van der Waals surface area contributed by atoms with Gasteiger partial charge in [0.05, 0.1) is 31.5 Å². The Hall–Kier alpha value is -3.74. The SMILES string of the molecule is C=CCOc1cccc([C@H]2NC(=O)N(c3ccc(OC)cc3)C(C)=C2C(=O)OC)c1. The van der Waals surface area contributed by atoms with Crippen LogP contribution in [0.2, 0.25) is 0 Å². The minimum Gasteiger partial charge on any atom is -0.497 e. The van der Waals surface area contributed by atoms with Crippen LogP contribution in [0.5, 0.6) is 11.5 Å². The predicted octanol–water partition coefficient (Wildman–Crippen LogP) is 3.98. The van der Waals surface area contributed by atoms with Gasteiger partial charge in [0.2, 0.25) is 0 Å². The first-order valence-corrected chi connectivity index (χ1v) is 9.37. The highest BCUT2D eigenvalue weighted by atomic mass is 16.5. The van der Waals surface area contributed by atoms with Crippen LogP contribution in [0.4, 0.5) is 10.5 Å². The molecule has 2 aromatic rings. The average molecular weight is 408 g/mol. The highest BCUT2D eigenvalue weighted by molar-refractivity contribution is 6.03. The molecule has 0 fully saturated rings. The fourth-order valence-corrected chi connectivity index (χ4v) is 3.35. The summed E-state index contributed by atoms with van der Waals surface area (Å²) in [4.78, 5) is 27.1. The molecule has 7 heteroatoms. The number of carbonyl (C=O) groups excluding carboxylic acids is 2. The highest BCUT2D eigenvalue weighted by Crippen LogP contribution is 2.35. The van der Waals surface area contributed by atoms with E-state index in [0.29, 0.717) is 40.6 Å². The summed E-state index contributed by atoms with van der Waals surface area (Å²) in [5.74, 6) is 0.759. The second kappa shape index (κ2) is 9.17. The number of anilines is 1. The zero-order chi connectivity index (χ0) is 21.7. The van der Waals surface area contributed by atoms with Crippen LogP contribution >= 0.6 is 0 Å². The quantitative estimate of drug-likeness (QED) is 0.554. The molecule has 1 N–H and O–H groups in total. The number of allylic oxidation sites excluding steroid dienone is 1. The minimum atomic E-state index is -0.674. The Kier molecular flexibility index (Phi) is 6.41. The molecule has 0 bridgehead atoms. The van der Waals surface area contributed by atoms with Crippen LogP contribution in [0.25, 0.3) is 0 Å². The number of carbonyl (C=O) groups is 2. The van der Waals surface area contributed by atoms with Crippen molar-refractivity contribution in [2.45, 2.75) is 13.0 Å². The van der Waals surface area contributed by atoms with Crippen molar-refractivity contribution >= 4 is 17.7 Å². The number of ether oxygens (including phenoxy) is 3. The van der Waals surface area contributed by atoms with Crippen LogP contribution in [0.3, 0.4) is 0 Å². The first-order chi connectivity index (χ1) is 14.5. The Morgan fingerprint density at radius 1 is 1.17 bits per heavy atom. The number of benzene rings is 2. The van der Waals surface area contributed by atoms with E-state index in [1.807, 2.05) is 6.07 Å². The maximum atomic E-state index is 13.0. The van der Waals surface area contributed by atoms with E-state index in [4.69, 9.17) is 14.2 Å². The monoisotopic (exact) mass is 408 g/mol. The lowest BCUT2D eigenvalue weighted by Gasteiger charge is -2.35. The first kappa shape index (κ1) is 21.0. The molecule has 156 valence electrons. The van der Waals surface area contributed by atoms with Crippen LogP contribution in [0, 0.1) is 0 Å². The number of amides is 2. The number of nitrogens with zero attached hydrogens (tertiary/aromatic N) is 1. The van der Waals surface area contributed by atoms with E-state index in [9.17, 15) is 9.59 Å². The van der Waals surface area contributed by atoms with Crippen molar-refractivity contribution in [3.63, 3.8) is 0 Å². The molecule has 1 aliphatic heterocycles. The highest BCUT2D eigenvalue weighted by Gasteiger charge is 2.37. The second-order valence-corrected chi connectivity index (χ2v) is 6.58. The molecule has 0 saturated heterocycles. The van der Waals surface area contributed by atoms with E-state index < -0.39 is 12.0 Å². The molecule has 0 aromatic heterocycles. The van der Waals surface area contributed by atoms with Crippen molar-refractivity contribution in [3.05, 3.63) is 78.0 Å². The van der Waals surface area contributed by atoms with Gasteiger partial charge in [0.1, 0.15) is 18.1 Å². The van der Waals surface area contributed by atoms with Gasteiger partial charge >= 0.3 is 12.0 Å². The average Bonchev–Trinajstić information content (AvgIpc) is 2.77. The summed E-state index contributed by atoms with van der Waals surface area (Å²) in [6, 6.07) is 13.2. The third-order valence-electron chi connectivity index (χ3n) is 4.78. The van der Waals surface area contributed by atoms with Gasteiger partial charge in [0.15, 0.2) is 0 Å². The summed E-state index contributed by atoms with van der Waals surface area (Å²) in [5.41, 5.74) is 2.14. The summed E-state index contributed by atoms with van der Waals surface area (Å²) >= 11 is 0. The smallest absolute Gasteiger partial charge is 0.337 e. The van der Waals surface area contributed by atoms with Gasteiger partial charge in [-0.1, -0.05) is 24.8 Å². The zero-order valence-electron chi connectivity index (χ0n) is 17.2. The Balaban J connectivity index is 2.05. The second-order valence-electron chi connectivity index (χ2n) is 6.58. The van der Waals surface area contributed by atoms with E-state index in [0.717, 1.165) is 0 Å². The summed E-state index contributed by atoms with van der Waals surface area (Å²) < 4.78 is 15.8. The predicted molar refractivity (Wildman–Crippen MR) is 114 cm³/mol. The number of esters is 1. The molecule has 0 saturated carbocycles. The number of urea groups is 1. The van der Waals surface area contributed by atoms with Crippen LogP contribution in [-0.2, 0) is 9.53 Å². The molecular formula is C23H24N2O5. The molecule has 0 unspecified atom stereocenters. The summed E-state index contributed by atoms with van der Waals surface area (Å²) in [6.07, 6.45) is 1.64. The first-order valence-electron chi connectivity index (χ1n) is 9.37. The van der Waals surface area contributed by atoms with Gasteiger partial charge < -0.3 is 19.5 Å². The molecule has 0 radical (unpaired) electrons. The van der Waals surface area contributed by atoms with Gasteiger partial charge in [0, 0.05) is 5.70 Å². The van der Waals surface area contributed by atoms with E-state index in [1.54, 1.807) is 62.6 Å². The lowest BCUT2D eigenvalue weighted by Crippen LogP contribution is -2.48. The normalized spacial score (nSPS) is 16.0. The molecule has 1 atom stereocenters. The van der Waals surface area contributed by atoms with E-state index in [1.165, 1.54) is 12.0 Å². The summed E-state index contributed by atoms with van der Waals surface area (Å²) in [6.45, 7) is 5.71. The van der Waals surface area contributed by atoms with E-state index >= 15 is 0 Å². The number of nitrogens with one attached hydrogen (secondary N) is 1. The van der Waals surface area contributed by atoms with Crippen molar-refractivity contribution in [2.24, 2.45) is 0 Å². The van der Waals surface area contributed by atoms with Crippen molar-refractivity contribution < 1.29 is 23.8 Å². The molecule has 30 heavy (non-hydrogen) atoms. The fourth-order valence-electron chi connectivity index (χ4n) is 3.35. The van der Waals surface area contributed by atoms with E-state index in [2.05, 4.69) is 11.9 Å². The molecule has 1 aliphatic rings. The lowest BCUT2D eigenvalue weighted by atomic mass is 9.94. The summed E-state index contributed by atoms with van der Waals surface area (Å²) in [5, 5.41) is 2.91.